The average molecular weight is 394 g/mol. The molecule has 2 aliphatic heterocycles. The maximum atomic E-state index is 11.4. The van der Waals surface area contributed by atoms with Crippen LogP contribution in [0, 0.1) is 0 Å². The van der Waals surface area contributed by atoms with Crippen molar-refractivity contribution in [1.29, 1.82) is 0 Å². The van der Waals surface area contributed by atoms with Gasteiger partial charge in [-0.3, -0.25) is 29.8 Å². The molecule has 0 aliphatic carbocycles. The third-order valence-corrected chi connectivity index (χ3v) is 3.56. The van der Waals surface area contributed by atoms with E-state index in [0.717, 1.165) is 0 Å². The van der Waals surface area contributed by atoms with Crippen LogP contribution in [-0.4, -0.2) is 61.4 Å². The largest absolute Gasteiger partial charge is 1.00 e. The third-order valence-electron chi connectivity index (χ3n) is 3.56. The summed E-state index contributed by atoms with van der Waals surface area (Å²) >= 11 is 0. The molecule has 0 radical (unpaired) electrons. The number of carbonyl (C=O) groups is 6. The van der Waals surface area contributed by atoms with Gasteiger partial charge in [0, 0.05) is 0 Å². The van der Waals surface area contributed by atoms with Gasteiger partial charge >= 0.3 is 31.2 Å². The van der Waals surface area contributed by atoms with E-state index < -0.39 is 48.1 Å². The van der Waals surface area contributed by atoms with Crippen LogP contribution in [0.25, 0.3) is 0 Å². The molecule has 2 heterocycles. The van der Waals surface area contributed by atoms with Crippen molar-refractivity contribution < 1.29 is 68.0 Å². The van der Waals surface area contributed by atoms with Gasteiger partial charge in [-0.05, 0) is 19.3 Å². The summed E-state index contributed by atoms with van der Waals surface area (Å²) in [7, 11) is 0. The number of nitrogens with one attached hydrogen (secondary N) is 2. The Balaban J connectivity index is 0.00000392. The molecule has 150 valence electrons. The Labute approximate surface area is 172 Å². The predicted molar refractivity (Wildman–Crippen MR) is 82.9 cm³/mol. The van der Waals surface area contributed by atoms with Crippen molar-refractivity contribution in [2.75, 3.05) is 13.2 Å². The summed E-state index contributed by atoms with van der Waals surface area (Å²) in [5, 5.41) is 4.00. The molecule has 0 aromatic carbocycles. The summed E-state index contributed by atoms with van der Waals surface area (Å²) in [5.74, 6) is -2.39. The molecule has 2 N–H and O–H groups in total. The second-order valence-corrected chi connectivity index (χ2v) is 5.70. The molecular weight excluding hydrogens is 375 g/mol. The van der Waals surface area contributed by atoms with E-state index >= 15 is 0 Å². The Morgan fingerprint density at radius 2 is 1.18 bits per heavy atom. The van der Waals surface area contributed by atoms with Gasteiger partial charge in [0.1, 0.15) is 0 Å². The quantitative estimate of drug-likeness (QED) is 0.182. The predicted octanol–water partition coefficient (Wildman–Crippen LogP) is -3.59. The third kappa shape index (κ3) is 7.57. The van der Waals surface area contributed by atoms with Crippen LogP contribution in [0.2, 0.25) is 0 Å². The van der Waals surface area contributed by atoms with Gasteiger partial charge in [-0.25, -0.2) is 9.59 Å². The Morgan fingerprint density at radius 1 is 0.786 bits per heavy atom. The molecule has 0 aromatic heterocycles. The first-order valence-corrected chi connectivity index (χ1v) is 8.19. The average Bonchev–Trinajstić information content (AvgIpc) is 3.06. The molecule has 0 spiro atoms. The van der Waals surface area contributed by atoms with Crippen molar-refractivity contribution in [2.24, 2.45) is 0 Å². The Bertz CT molecular complexity index is 605. The molecule has 2 atom stereocenters. The van der Waals surface area contributed by atoms with E-state index in [2.05, 4.69) is 0 Å². The van der Waals surface area contributed by atoms with Crippen molar-refractivity contribution in [3.05, 3.63) is 0 Å². The minimum atomic E-state index is -1.17. The van der Waals surface area contributed by atoms with E-state index in [1.807, 2.05) is 10.6 Å². The van der Waals surface area contributed by atoms with Crippen LogP contribution in [0.1, 0.15) is 33.5 Å². The van der Waals surface area contributed by atoms with Crippen LogP contribution in [0.3, 0.4) is 0 Å². The van der Waals surface area contributed by atoms with Gasteiger partial charge in [-0.1, -0.05) is 0 Å². The molecule has 2 aliphatic rings. The summed E-state index contributed by atoms with van der Waals surface area (Å²) < 4.78 is 18.9. The van der Waals surface area contributed by atoms with Gasteiger partial charge in [0.2, 0.25) is 11.8 Å². The number of hydrogen-bond donors (Lipinski definition) is 2. The second-order valence-electron chi connectivity index (χ2n) is 5.70. The van der Waals surface area contributed by atoms with E-state index in [1.54, 1.807) is 0 Å². The van der Waals surface area contributed by atoms with Crippen LogP contribution in [-0.2, 0) is 38.1 Å². The van der Waals surface area contributed by atoms with Crippen LogP contribution in [0.5, 0.6) is 0 Å². The number of amides is 4. The Kier molecular flexibility index (Phi) is 9.47. The number of imide groups is 2. The molecular formula is C15H19LiN2O10. The van der Waals surface area contributed by atoms with E-state index in [1.165, 1.54) is 0 Å². The minimum Gasteiger partial charge on any atom is -1.00 e. The standard InChI is InChI=1S/C15H18N2O10.Li.H/c18-10-6-8(12(20)16-10)26-14(22)24-4-2-1-3-5-25-15(23)27-9-7-11(19)17-13(9)21;;/h8-9H,1-7H2,(H,16,18,20)(H,17,19,21);;/q;+1;-1. The van der Waals surface area contributed by atoms with E-state index in [-0.39, 0.29) is 46.3 Å². The fourth-order valence-corrected chi connectivity index (χ4v) is 2.24. The summed E-state index contributed by atoms with van der Waals surface area (Å²) in [4.78, 5) is 67.0. The van der Waals surface area contributed by atoms with E-state index in [0.29, 0.717) is 19.3 Å². The van der Waals surface area contributed by atoms with Crippen molar-refractivity contribution in [2.45, 2.75) is 44.3 Å². The second kappa shape index (κ2) is 11.3. The zero-order valence-corrected chi connectivity index (χ0v) is 15.2. The SMILES string of the molecule is O=C1CC(OC(=O)OCCCCCOC(=O)OC2CC(=O)NC2=O)C(=O)N1.[H-].[Li+]. The summed E-state index contributed by atoms with van der Waals surface area (Å²) in [6.45, 7) is 0.0475. The normalized spacial score (nSPS) is 20.7. The first-order valence-electron chi connectivity index (χ1n) is 8.19. The van der Waals surface area contributed by atoms with Crippen LogP contribution < -0.4 is 29.5 Å². The fraction of sp³-hybridized carbons (Fsp3) is 0.600. The van der Waals surface area contributed by atoms with Crippen LogP contribution in [0.15, 0.2) is 0 Å². The summed E-state index contributed by atoms with van der Waals surface area (Å²) in [5.41, 5.74) is 0. The topological polar surface area (TPSA) is 163 Å². The molecule has 0 saturated carbocycles. The minimum absolute atomic E-state index is 0. The maximum Gasteiger partial charge on any atom is 1.00 e. The zero-order valence-electron chi connectivity index (χ0n) is 16.2. The smallest absolute Gasteiger partial charge is 1.00 e. The molecule has 0 aromatic rings. The van der Waals surface area contributed by atoms with Gasteiger partial charge in [-0.15, -0.1) is 0 Å². The molecule has 2 fully saturated rings. The number of rotatable bonds is 8. The molecule has 12 nitrogen and oxygen atoms in total. The van der Waals surface area contributed by atoms with Crippen molar-refractivity contribution >= 4 is 35.9 Å². The molecule has 2 rings (SSSR count). The first-order chi connectivity index (χ1) is 12.8. The van der Waals surface area contributed by atoms with Gasteiger partial charge in [0.15, 0.2) is 12.2 Å². The molecule has 2 saturated heterocycles. The molecule has 2 unspecified atom stereocenters. The van der Waals surface area contributed by atoms with Gasteiger partial charge in [0.25, 0.3) is 11.8 Å². The summed E-state index contributed by atoms with van der Waals surface area (Å²) in [6.07, 6.45) is -3.43. The summed E-state index contributed by atoms with van der Waals surface area (Å²) in [6, 6.07) is 0. The first kappa shape index (κ1) is 23.5. The number of ether oxygens (including phenoxy) is 4. The van der Waals surface area contributed by atoms with E-state index in [9.17, 15) is 28.8 Å². The van der Waals surface area contributed by atoms with Gasteiger partial charge in [-0.2, -0.15) is 0 Å². The zero-order chi connectivity index (χ0) is 19.8. The van der Waals surface area contributed by atoms with Crippen LogP contribution >= 0.6 is 0 Å². The van der Waals surface area contributed by atoms with E-state index in [4.69, 9.17) is 18.9 Å². The van der Waals surface area contributed by atoms with Gasteiger partial charge < -0.3 is 20.4 Å². The molecule has 0 bridgehead atoms. The number of carbonyl (C=O) groups excluding carboxylic acids is 6. The monoisotopic (exact) mass is 394 g/mol. The fourth-order valence-electron chi connectivity index (χ4n) is 2.24. The molecule has 4 amide bonds. The van der Waals surface area contributed by atoms with Crippen molar-refractivity contribution in [3.8, 4) is 0 Å². The maximum absolute atomic E-state index is 11.4. The number of unbranched alkanes of at least 4 members (excludes halogenated alkanes) is 2. The van der Waals surface area contributed by atoms with Crippen molar-refractivity contribution in [1.82, 2.24) is 10.6 Å². The Morgan fingerprint density at radius 3 is 1.50 bits per heavy atom. The number of hydrogen-bond acceptors (Lipinski definition) is 10. The Hall–Kier alpha value is -2.58. The van der Waals surface area contributed by atoms with Crippen molar-refractivity contribution in [3.63, 3.8) is 0 Å². The van der Waals surface area contributed by atoms with Crippen LogP contribution in [0.4, 0.5) is 9.59 Å². The van der Waals surface area contributed by atoms with Gasteiger partial charge in [0.05, 0.1) is 26.1 Å². The molecule has 13 heteroatoms. The molecule has 28 heavy (non-hydrogen) atoms.